The molecule has 1 aromatic carbocycles. The zero-order valence-corrected chi connectivity index (χ0v) is 18.4. The molecule has 12 nitrogen and oxygen atoms in total. The molecule has 0 bridgehead atoms. The molecule has 4 rings (SSSR count). The van der Waals surface area contributed by atoms with Crippen LogP contribution in [0, 0.1) is 10.1 Å². The number of nitro groups is 1. The summed E-state index contributed by atoms with van der Waals surface area (Å²) in [6, 6.07) is 6.69. The lowest BCUT2D eigenvalue weighted by Gasteiger charge is -2.42. The van der Waals surface area contributed by atoms with Gasteiger partial charge in [0.2, 0.25) is 0 Å². The third-order valence-electron chi connectivity index (χ3n) is 5.45. The molecule has 0 radical (unpaired) electrons. The highest BCUT2D eigenvalue weighted by molar-refractivity contribution is 7.90. The second kappa shape index (κ2) is 9.79. The number of nitrogens with one attached hydrogen (secondary N) is 2. The first kappa shape index (κ1) is 23.0. The minimum atomic E-state index is -4.33. The summed E-state index contributed by atoms with van der Waals surface area (Å²) in [5, 5.41) is 14.6. The second-order valence-electron chi connectivity index (χ2n) is 7.67. The standard InChI is InChI=1S/C20H23N5O7S/c26-20(14-2-1-5-21-9-14)23-33(29,30)17-3-4-18(19(8-17)25(27)28)22-10-16-11-24(6-7-32-16)15-12-31-13-15/h1-5,8-9,15-16,22H,6-7,10-13H2,(H,23,26). The van der Waals surface area contributed by atoms with E-state index in [4.69, 9.17) is 9.47 Å². The molecule has 33 heavy (non-hydrogen) atoms. The molecule has 0 aliphatic carbocycles. The van der Waals surface area contributed by atoms with Crippen LogP contribution in [0.2, 0.25) is 0 Å². The Bertz CT molecular complexity index is 1120. The molecule has 2 aliphatic heterocycles. The van der Waals surface area contributed by atoms with Crippen LogP contribution in [0.4, 0.5) is 11.4 Å². The number of benzene rings is 1. The Morgan fingerprint density at radius 2 is 2.12 bits per heavy atom. The Morgan fingerprint density at radius 1 is 1.30 bits per heavy atom. The first-order chi connectivity index (χ1) is 15.8. The van der Waals surface area contributed by atoms with E-state index < -0.39 is 31.4 Å². The number of nitro benzene ring substituents is 1. The van der Waals surface area contributed by atoms with Gasteiger partial charge in [-0.3, -0.25) is 24.8 Å². The van der Waals surface area contributed by atoms with E-state index in [1.165, 1.54) is 36.7 Å². The third-order valence-corrected chi connectivity index (χ3v) is 6.78. The number of amides is 1. The molecule has 1 amide bonds. The predicted molar refractivity (Wildman–Crippen MR) is 116 cm³/mol. The monoisotopic (exact) mass is 477 g/mol. The number of hydrogen-bond acceptors (Lipinski definition) is 10. The normalized spacial score (nSPS) is 19.5. The van der Waals surface area contributed by atoms with Gasteiger partial charge >= 0.3 is 0 Å². The van der Waals surface area contributed by atoms with Gasteiger partial charge in [0, 0.05) is 38.1 Å². The van der Waals surface area contributed by atoms with Crippen LogP contribution >= 0.6 is 0 Å². The molecule has 2 N–H and O–H groups in total. The maximum Gasteiger partial charge on any atom is 0.293 e. The van der Waals surface area contributed by atoms with Crippen molar-refractivity contribution in [2.45, 2.75) is 17.0 Å². The fourth-order valence-corrected chi connectivity index (χ4v) is 4.57. The van der Waals surface area contributed by atoms with E-state index in [0.29, 0.717) is 39.0 Å². The summed E-state index contributed by atoms with van der Waals surface area (Å²) in [6.07, 6.45) is 2.48. The van der Waals surface area contributed by atoms with E-state index in [0.717, 1.165) is 12.6 Å². The smallest absolute Gasteiger partial charge is 0.293 e. The van der Waals surface area contributed by atoms with E-state index in [2.05, 4.69) is 15.2 Å². The van der Waals surface area contributed by atoms with Crippen LogP contribution in [-0.2, 0) is 19.5 Å². The maximum absolute atomic E-state index is 12.6. The van der Waals surface area contributed by atoms with Crippen molar-refractivity contribution in [3.8, 4) is 0 Å². The van der Waals surface area contributed by atoms with Crippen molar-refractivity contribution in [1.82, 2.24) is 14.6 Å². The Labute approximate surface area is 190 Å². The van der Waals surface area contributed by atoms with Gasteiger partial charge in [-0.05, 0) is 24.3 Å². The minimum absolute atomic E-state index is 0.0452. The average molecular weight is 477 g/mol. The average Bonchev–Trinajstić information content (AvgIpc) is 2.77. The molecular weight excluding hydrogens is 454 g/mol. The highest BCUT2D eigenvalue weighted by Gasteiger charge is 2.31. The summed E-state index contributed by atoms with van der Waals surface area (Å²) in [5.74, 6) is -0.885. The largest absolute Gasteiger partial charge is 0.378 e. The van der Waals surface area contributed by atoms with Crippen molar-refractivity contribution in [2.75, 3.05) is 44.8 Å². The Balaban J connectivity index is 1.44. The third kappa shape index (κ3) is 5.45. The number of ether oxygens (including phenoxy) is 2. The molecule has 3 heterocycles. The Kier molecular flexibility index (Phi) is 6.83. The van der Waals surface area contributed by atoms with Crippen LogP contribution in [0.5, 0.6) is 0 Å². The summed E-state index contributed by atoms with van der Waals surface area (Å²) in [6.45, 7) is 3.73. The summed E-state index contributed by atoms with van der Waals surface area (Å²) >= 11 is 0. The minimum Gasteiger partial charge on any atom is -0.378 e. The van der Waals surface area contributed by atoms with Gasteiger partial charge in [0.1, 0.15) is 5.69 Å². The zero-order chi connectivity index (χ0) is 23.4. The van der Waals surface area contributed by atoms with Gasteiger partial charge < -0.3 is 14.8 Å². The van der Waals surface area contributed by atoms with Crippen molar-refractivity contribution in [2.24, 2.45) is 0 Å². The summed E-state index contributed by atoms with van der Waals surface area (Å²) < 4.78 is 38.1. The number of pyridine rings is 1. The van der Waals surface area contributed by atoms with Crippen LogP contribution in [0.1, 0.15) is 10.4 Å². The number of sulfonamides is 1. The first-order valence-corrected chi connectivity index (χ1v) is 11.7. The van der Waals surface area contributed by atoms with E-state index in [-0.39, 0.29) is 17.4 Å². The van der Waals surface area contributed by atoms with Gasteiger partial charge in [-0.1, -0.05) is 0 Å². The summed E-state index contributed by atoms with van der Waals surface area (Å²) in [5.41, 5.74) is -0.221. The van der Waals surface area contributed by atoms with Crippen molar-refractivity contribution in [3.63, 3.8) is 0 Å². The fraction of sp³-hybridized carbons (Fsp3) is 0.400. The molecule has 1 atom stereocenters. The van der Waals surface area contributed by atoms with Crippen LogP contribution < -0.4 is 10.0 Å². The van der Waals surface area contributed by atoms with E-state index >= 15 is 0 Å². The van der Waals surface area contributed by atoms with Gasteiger partial charge in [0.15, 0.2) is 0 Å². The molecule has 0 saturated carbocycles. The molecule has 0 spiro atoms. The quantitative estimate of drug-likeness (QED) is 0.409. The van der Waals surface area contributed by atoms with Gasteiger partial charge in [0.05, 0.1) is 47.3 Å². The SMILES string of the molecule is O=C(NS(=O)(=O)c1ccc(NCC2CN(C3COC3)CCO2)c([N+](=O)[O-])c1)c1cccnc1. The number of nitrogens with zero attached hydrogens (tertiary/aromatic N) is 3. The molecule has 2 aromatic rings. The van der Waals surface area contributed by atoms with Crippen molar-refractivity contribution < 1.29 is 27.6 Å². The lowest BCUT2D eigenvalue weighted by molar-refractivity contribution is -0.384. The molecule has 1 unspecified atom stereocenters. The van der Waals surface area contributed by atoms with Crippen molar-refractivity contribution >= 4 is 27.3 Å². The van der Waals surface area contributed by atoms with Crippen LogP contribution in [0.25, 0.3) is 0 Å². The van der Waals surface area contributed by atoms with Gasteiger partial charge in [-0.25, -0.2) is 13.1 Å². The maximum atomic E-state index is 12.6. The number of anilines is 1. The Morgan fingerprint density at radius 3 is 2.79 bits per heavy atom. The highest BCUT2D eigenvalue weighted by atomic mass is 32.2. The molecule has 1 aromatic heterocycles. The summed E-state index contributed by atoms with van der Waals surface area (Å²) in [7, 11) is -4.33. The number of carbonyl (C=O) groups excluding carboxylic acids is 1. The number of rotatable bonds is 8. The number of carbonyl (C=O) groups is 1. The molecule has 176 valence electrons. The molecule has 2 saturated heterocycles. The fourth-order valence-electron chi connectivity index (χ4n) is 3.57. The van der Waals surface area contributed by atoms with Gasteiger partial charge in [-0.2, -0.15) is 0 Å². The molecule has 2 fully saturated rings. The highest BCUT2D eigenvalue weighted by Crippen LogP contribution is 2.28. The van der Waals surface area contributed by atoms with E-state index in [1.807, 2.05) is 4.72 Å². The van der Waals surface area contributed by atoms with Crippen molar-refractivity contribution in [3.05, 3.63) is 58.4 Å². The van der Waals surface area contributed by atoms with Crippen molar-refractivity contribution in [1.29, 1.82) is 0 Å². The van der Waals surface area contributed by atoms with Crippen LogP contribution in [0.3, 0.4) is 0 Å². The van der Waals surface area contributed by atoms with E-state index in [1.54, 1.807) is 0 Å². The first-order valence-electron chi connectivity index (χ1n) is 10.3. The second-order valence-corrected chi connectivity index (χ2v) is 9.35. The van der Waals surface area contributed by atoms with E-state index in [9.17, 15) is 23.3 Å². The number of hydrogen-bond donors (Lipinski definition) is 2. The Hall–Kier alpha value is -3.13. The van der Waals surface area contributed by atoms with Gasteiger partial charge in [0.25, 0.3) is 21.6 Å². The predicted octanol–water partition coefficient (Wildman–Crippen LogP) is 0.620. The van der Waals surface area contributed by atoms with Crippen LogP contribution in [-0.4, -0.2) is 80.7 Å². The van der Waals surface area contributed by atoms with Crippen LogP contribution in [0.15, 0.2) is 47.6 Å². The number of aromatic nitrogens is 1. The topological polar surface area (TPSA) is 153 Å². The number of morpholine rings is 1. The molecule has 13 heteroatoms. The molecular formula is C20H23N5O7S. The lowest BCUT2D eigenvalue weighted by atomic mass is 10.1. The zero-order valence-electron chi connectivity index (χ0n) is 17.5. The van der Waals surface area contributed by atoms with Gasteiger partial charge in [-0.15, -0.1) is 0 Å². The lowest BCUT2D eigenvalue weighted by Crippen LogP contribution is -2.56. The summed E-state index contributed by atoms with van der Waals surface area (Å²) in [4.78, 5) is 28.8. The molecule has 2 aliphatic rings.